The molecule has 0 saturated heterocycles. The number of carbonyl (C=O) groups is 1. The van der Waals surface area contributed by atoms with Crippen molar-refractivity contribution in [1.82, 2.24) is 19.9 Å². The number of thiazole rings is 2. The zero-order valence-corrected chi connectivity index (χ0v) is 23.0. The van der Waals surface area contributed by atoms with Crippen molar-refractivity contribution in [2.75, 3.05) is 11.6 Å². The van der Waals surface area contributed by atoms with Crippen LogP contribution in [0.1, 0.15) is 41.4 Å². The van der Waals surface area contributed by atoms with Gasteiger partial charge < -0.3 is 10.2 Å². The molecule has 1 aliphatic carbocycles. The van der Waals surface area contributed by atoms with Gasteiger partial charge in [0.2, 0.25) is 0 Å². The second-order valence-electron chi connectivity index (χ2n) is 9.60. The second kappa shape index (κ2) is 9.00. The van der Waals surface area contributed by atoms with Gasteiger partial charge in [0.1, 0.15) is 16.5 Å². The number of nitrogens with zero attached hydrogens (tertiary/aromatic N) is 4. The molecule has 1 aliphatic heterocycles. The third-order valence-corrected chi connectivity index (χ3v) is 9.93. The summed E-state index contributed by atoms with van der Waals surface area (Å²) < 4.78 is 25.6. The highest BCUT2D eigenvalue weighted by Crippen LogP contribution is 2.42. The van der Waals surface area contributed by atoms with Crippen LogP contribution >= 0.6 is 22.7 Å². The first-order chi connectivity index (χ1) is 17.7. The molecule has 6 rings (SSSR count). The first kappa shape index (κ1) is 24.2. The van der Waals surface area contributed by atoms with Gasteiger partial charge in [-0.1, -0.05) is 17.4 Å². The molecule has 1 saturated carbocycles. The molecule has 2 aliphatic rings. The number of aromatic nitrogens is 3. The molecular formula is C26H25N5O3S3. The van der Waals surface area contributed by atoms with Crippen LogP contribution in [0.15, 0.2) is 46.8 Å². The quantitative estimate of drug-likeness (QED) is 0.322. The number of nitrogens with one attached hydrogen (secondary N) is 1. The maximum absolute atomic E-state index is 13.3. The van der Waals surface area contributed by atoms with Crippen molar-refractivity contribution >= 4 is 49.4 Å². The van der Waals surface area contributed by atoms with Crippen molar-refractivity contribution in [3.05, 3.63) is 58.7 Å². The minimum absolute atomic E-state index is 0.0932. The van der Waals surface area contributed by atoms with Gasteiger partial charge in [-0.25, -0.2) is 23.4 Å². The van der Waals surface area contributed by atoms with Gasteiger partial charge in [-0.3, -0.25) is 4.79 Å². The van der Waals surface area contributed by atoms with Crippen LogP contribution in [0.25, 0.3) is 21.1 Å². The van der Waals surface area contributed by atoms with E-state index in [2.05, 4.69) is 27.2 Å². The van der Waals surface area contributed by atoms with Gasteiger partial charge in [0.15, 0.2) is 15.0 Å². The number of aryl methyl sites for hydroxylation is 1. The van der Waals surface area contributed by atoms with Crippen LogP contribution in [-0.4, -0.2) is 46.5 Å². The molecule has 0 bridgehead atoms. The number of hydrogen-bond acceptors (Lipinski definition) is 9. The predicted octanol–water partition coefficient (Wildman–Crippen LogP) is 5.54. The third kappa shape index (κ3) is 4.55. The van der Waals surface area contributed by atoms with Gasteiger partial charge in [0.05, 0.1) is 21.0 Å². The van der Waals surface area contributed by atoms with E-state index in [0.717, 1.165) is 45.2 Å². The lowest BCUT2D eigenvalue weighted by Gasteiger charge is -2.24. The Morgan fingerprint density at radius 1 is 1.19 bits per heavy atom. The number of sulfone groups is 1. The molecule has 4 aromatic rings. The summed E-state index contributed by atoms with van der Waals surface area (Å²) >= 11 is 2.95. The van der Waals surface area contributed by atoms with Crippen LogP contribution < -0.4 is 5.32 Å². The molecule has 1 atom stereocenters. The molecule has 0 radical (unpaired) electrons. The Hall–Kier alpha value is -3.15. The SMILES string of the molecule is Cc1nc(Nc2cccc(-c3nccs3)n2)sc1-c1cc2c(c(S(C)(=O)=O)c1)C(=O)N(C(C)C1CC1)C2. The Labute approximate surface area is 223 Å². The molecule has 1 aromatic carbocycles. The van der Waals surface area contributed by atoms with Gasteiger partial charge in [-0.05, 0) is 68.0 Å². The Kier molecular flexibility index (Phi) is 5.89. The monoisotopic (exact) mass is 551 g/mol. The molecule has 190 valence electrons. The third-order valence-electron chi connectivity index (χ3n) is 6.89. The van der Waals surface area contributed by atoms with Gasteiger partial charge in [-0.2, -0.15) is 0 Å². The van der Waals surface area contributed by atoms with E-state index in [0.29, 0.717) is 29.0 Å². The van der Waals surface area contributed by atoms with Crippen molar-refractivity contribution in [3.63, 3.8) is 0 Å². The van der Waals surface area contributed by atoms with Crippen molar-refractivity contribution in [2.45, 2.75) is 44.2 Å². The Morgan fingerprint density at radius 3 is 2.70 bits per heavy atom. The summed E-state index contributed by atoms with van der Waals surface area (Å²) in [4.78, 5) is 29.7. The second-order valence-corrected chi connectivity index (χ2v) is 13.5. The Morgan fingerprint density at radius 2 is 2.00 bits per heavy atom. The molecule has 0 spiro atoms. The Bertz CT molecular complexity index is 1630. The maximum Gasteiger partial charge on any atom is 0.256 e. The fourth-order valence-corrected chi connectivity index (χ4v) is 7.32. The fourth-order valence-electron chi connectivity index (χ4n) is 4.83. The van der Waals surface area contributed by atoms with Crippen molar-refractivity contribution in [3.8, 4) is 21.1 Å². The molecule has 11 heteroatoms. The minimum atomic E-state index is -3.62. The zero-order valence-electron chi connectivity index (χ0n) is 20.6. The number of amides is 1. The molecule has 1 N–H and O–H groups in total. The van der Waals surface area contributed by atoms with E-state index >= 15 is 0 Å². The van der Waals surface area contributed by atoms with E-state index in [1.807, 2.05) is 41.5 Å². The smallest absolute Gasteiger partial charge is 0.256 e. The average molecular weight is 552 g/mol. The first-order valence-corrected chi connectivity index (χ1v) is 15.6. The largest absolute Gasteiger partial charge is 0.331 e. The van der Waals surface area contributed by atoms with Crippen LogP contribution in [0.3, 0.4) is 0 Å². The maximum atomic E-state index is 13.3. The van der Waals surface area contributed by atoms with E-state index in [9.17, 15) is 13.2 Å². The lowest BCUT2D eigenvalue weighted by Crippen LogP contribution is -2.35. The number of rotatable bonds is 7. The van der Waals surface area contributed by atoms with E-state index in [4.69, 9.17) is 0 Å². The molecule has 1 fully saturated rings. The molecule has 3 aromatic heterocycles. The highest BCUT2D eigenvalue weighted by atomic mass is 32.2. The minimum Gasteiger partial charge on any atom is -0.331 e. The van der Waals surface area contributed by atoms with Crippen LogP contribution in [0, 0.1) is 12.8 Å². The highest BCUT2D eigenvalue weighted by Gasteiger charge is 2.41. The molecular weight excluding hydrogens is 527 g/mol. The molecule has 8 nitrogen and oxygen atoms in total. The topological polar surface area (TPSA) is 105 Å². The standard InChI is InChI=1S/C26H25N5O3S3/c1-14-23(36-26(28-14)30-21-6-4-5-19(29-21)24-27-9-10-35-24)17-11-18-13-31(15(2)16-7-8-16)25(32)22(18)20(12-17)37(3,33)34/h4-6,9-12,15-16H,7-8,13H2,1-3H3,(H,28,29,30). The molecule has 37 heavy (non-hydrogen) atoms. The number of benzene rings is 1. The normalized spacial score (nSPS) is 16.2. The lowest BCUT2D eigenvalue weighted by molar-refractivity contribution is 0.0694. The van der Waals surface area contributed by atoms with E-state index in [-0.39, 0.29) is 16.8 Å². The molecule has 4 heterocycles. The van der Waals surface area contributed by atoms with Gasteiger partial charge in [0, 0.05) is 30.4 Å². The van der Waals surface area contributed by atoms with Gasteiger partial charge >= 0.3 is 0 Å². The number of pyridine rings is 1. The van der Waals surface area contributed by atoms with Crippen LogP contribution in [-0.2, 0) is 16.4 Å². The van der Waals surface area contributed by atoms with Crippen molar-refractivity contribution < 1.29 is 13.2 Å². The lowest BCUT2D eigenvalue weighted by atomic mass is 10.0. The summed E-state index contributed by atoms with van der Waals surface area (Å²) in [6.45, 7) is 4.39. The zero-order chi connectivity index (χ0) is 25.9. The fraction of sp³-hybridized carbons (Fsp3) is 0.308. The average Bonchev–Trinajstić information content (AvgIpc) is 3.27. The van der Waals surface area contributed by atoms with Gasteiger partial charge in [0.25, 0.3) is 5.91 Å². The molecule has 1 unspecified atom stereocenters. The highest BCUT2D eigenvalue weighted by molar-refractivity contribution is 7.90. The number of anilines is 2. The Balaban J connectivity index is 1.35. The predicted molar refractivity (Wildman–Crippen MR) is 146 cm³/mol. The van der Waals surface area contributed by atoms with Crippen LogP contribution in [0.2, 0.25) is 0 Å². The van der Waals surface area contributed by atoms with Crippen LogP contribution in [0.4, 0.5) is 10.9 Å². The summed E-state index contributed by atoms with van der Waals surface area (Å²) in [6, 6.07) is 9.37. The van der Waals surface area contributed by atoms with E-state index in [1.165, 1.54) is 28.9 Å². The number of carbonyl (C=O) groups excluding carboxylic acids is 1. The number of hydrogen-bond donors (Lipinski definition) is 1. The first-order valence-electron chi connectivity index (χ1n) is 12.0. The van der Waals surface area contributed by atoms with Gasteiger partial charge in [-0.15, -0.1) is 11.3 Å². The van der Waals surface area contributed by atoms with E-state index < -0.39 is 9.84 Å². The van der Waals surface area contributed by atoms with Crippen LogP contribution in [0.5, 0.6) is 0 Å². The summed E-state index contributed by atoms with van der Waals surface area (Å²) in [5.41, 5.74) is 3.38. The van der Waals surface area contributed by atoms with Crippen molar-refractivity contribution in [2.24, 2.45) is 5.92 Å². The van der Waals surface area contributed by atoms with E-state index in [1.54, 1.807) is 12.3 Å². The van der Waals surface area contributed by atoms with Crippen molar-refractivity contribution in [1.29, 1.82) is 0 Å². The summed E-state index contributed by atoms with van der Waals surface area (Å²) in [7, 11) is -3.62. The summed E-state index contributed by atoms with van der Waals surface area (Å²) in [5.74, 6) is 0.963. The molecule has 1 amide bonds. The summed E-state index contributed by atoms with van der Waals surface area (Å²) in [6.07, 6.45) is 5.14. The summed E-state index contributed by atoms with van der Waals surface area (Å²) in [5, 5.41) is 6.68. The number of fused-ring (bicyclic) bond motifs is 1.